The Bertz CT molecular complexity index is 520. The van der Waals surface area contributed by atoms with Crippen LogP contribution in [-0.4, -0.2) is 24.7 Å². The van der Waals surface area contributed by atoms with Crippen molar-refractivity contribution in [2.45, 2.75) is 38.3 Å². The van der Waals surface area contributed by atoms with Crippen LogP contribution in [0.4, 0.5) is 10.1 Å². The Morgan fingerprint density at radius 3 is 2.80 bits per heavy atom. The maximum Gasteiger partial charge on any atom is 0.251 e. The predicted octanol–water partition coefficient (Wildman–Crippen LogP) is 2.01. The fourth-order valence-electron chi connectivity index (χ4n) is 2.74. The van der Waals surface area contributed by atoms with Gasteiger partial charge in [-0.25, -0.2) is 4.39 Å². The van der Waals surface area contributed by atoms with E-state index in [2.05, 4.69) is 5.32 Å². The number of amides is 1. The van der Waals surface area contributed by atoms with Crippen LogP contribution in [0.5, 0.6) is 0 Å². The minimum Gasteiger partial charge on any atom is -0.398 e. The number of hydrogen-bond donors (Lipinski definition) is 2. The van der Waals surface area contributed by atoms with E-state index in [9.17, 15) is 9.18 Å². The largest absolute Gasteiger partial charge is 0.398 e. The summed E-state index contributed by atoms with van der Waals surface area (Å²) in [4.78, 5) is 12.2. The van der Waals surface area contributed by atoms with Crippen molar-refractivity contribution in [2.24, 2.45) is 5.92 Å². The molecule has 1 aliphatic heterocycles. The van der Waals surface area contributed by atoms with Gasteiger partial charge in [-0.2, -0.15) is 0 Å². The summed E-state index contributed by atoms with van der Waals surface area (Å²) in [5, 5.41) is 2.95. The number of hydrogen-bond acceptors (Lipinski definition) is 3. The summed E-state index contributed by atoms with van der Waals surface area (Å²) in [6.07, 6.45) is 3.27. The van der Waals surface area contributed by atoms with Gasteiger partial charge in [0.1, 0.15) is 5.82 Å². The van der Waals surface area contributed by atoms with E-state index in [0.717, 1.165) is 6.42 Å². The molecular formula is C15H19FN2O2. The quantitative estimate of drug-likeness (QED) is 0.831. The fourth-order valence-corrected chi connectivity index (χ4v) is 2.74. The van der Waals surface area contributed by atoms with E-state index < -0.39 is 5.82 Å². The smallest absolute Gasteiger partial charge is 0.251 e. The first-order valence-corrected chi connectivity index (χ1v) is 7.04. The molecule has 1 aliphatic carbocycles. The van der Waals surface area contributed by atoms with Gasteiger partial charge in [-0.1, -0.05) is 0 Å². The number of anilines is 1. The molecule has 3 rings (SSSR count). The molecule has 1 saturated heterocycles. The molecule has 3 N–H and O–H groups in total. The maximum atomic E-state index is 13.6. The standard InChI is InChI=1S/C15H19FN2O2/c1-8-11(16)6-10(7-12(8)17)15(19)18-13-4-5-20-14(13)9-2-3-9/h6-7,9,13-14H,2-5,17H2,1H3,(H,18,19). The average Bonchev–Trinajstić information content (AvgIpc) is 3.16. The Balaban J connectivity index is 1.72. The lowest BCUT2D eigenvalue weighted by Crippen LogP contribution is -2.41. The lowest BCUT2D eigenvalue weighted by Gasteiger charge is -2.19. The summed E-state index contributed by atoms with van der Waals surface area (Å²) in [5.74, 6) is -0.157. The van der Waals surface area contributed by atoms with Crippen LogP contribution < -0.4 is 11.1 Å². The molecule has 2 aliphatic rings. The summed E-state index contributed by atoms with van der Waals surface area (Å²) >= 11 is 0. The van der Waals surface area contributed by atoms with E-state index in [4.69, 9.17) is 10.5 Å². The molecule has 108 valence electrons. The third-order valence-corrected chi connectivity index (χ3v) is 4.19. The SMILES string of the molecule is Cc1c(N)cc(C(=O)NC2CCOC2C2CC2)cc1F. The first-order chi connectivity index (χ1) is 9.56. The predicted molar refractivity (Wildman–Crippen MR) is 73.9 cm³/mol. The van der Waals surface area contributed by atoms with Crippen molar-refractivity contribution < 1.29 is 13.9 Å². The van der Waals surface area contributed by atoms with Gasteiger partial charge in [-0.15, -0.1) is 0 Å². The molecule has 5 heteroatoms. The minimum absolute atomic E-state index is 0.0283. The number of nitrogen functional groups attached to an aromatic ring is 1. The summed E-state index contributed by atoms with van der Waals surface area (Å²) in [7, 11) is 0. The lowest BCUT2D eigenvalue weighted by molar-refractivity contribution is 0.0729. The zero-order valence-corrected chi connectivity index (χ0v) is 11.5. The van der Waals surface area contributed by atoms with E-state index in [1.54, 1.807) is 6.92 Å². The van der Waals surface area contributed by atoms with Crippen molar-refractivity contribution in [3.63, 3.8) is 0 Å². The molecule has 1 saturated carbocycles. The summed E-state index contributed by atoms with van der Waals surface area (Å²) in [6, 6.07) is 2.79. The highest BCUT2D eigenvalue weighted by Crippen LogP contribution is 2.38. The number of carbonyl (C=O) groups excluding carboxylic acids is 1. The van der Waals surface area contributed by atoms with Gasteiger partial charge in [-0.3, -0.25) is 4.79 Å². The molecule has 1 heterocycles. The molecule has 0 bridgehead atoms. The van der Waals surface area contributed by atoms with Crippen molar-refractivity contribution in [2.75, 3.05) is 12.3 Å². The topological polar surface area (TPSA) is 64.4 Å². The maximum absolute atomic E-state index is 13.6. The Kier molecular flexibility index (Phi) is 3.38. The third-order valence-electron chi connectivity index (χ3n) is 4.19. The average molecular weight is 278 g/mol. The number of halogens is 1. The van der Waals surface area contributed by atoms with Crippen molar-refractivity contribution in [3.05, 3.63) is 29.1 Å². The highest BCUT2D eigenvalue weighted by atomic mass is 19.1. The molecule has 0 radical (unpaired) electrons. The van der Waals surface area contributed by atoms with Gasteiger partial charge in [0.05, 0.1) is 12.1 Å². The van der Waals surface area contributed by atoms with Crippen LogP contribution in [-0.2, 0) is 4.74 Å². The van der Waals surface area contributed by atoms with Gasteiger partial charge in [0.25, 0.3) is 5.91 Å². The summed E-state index contributed by atoms with van der Waals surface area (Å²) in [5.41, 5.74) is 6.66. The van der Waals surface area contributed by atoms with E-state index in [0.29, 0.717) is 23.8 Å². The van der Waals surface area contributed by atoms with Crippen molar-refractivity contribution in [1.29, 1.82) is 0 Å². The van der Waals surface area contributed by atoms with Crippen molar-refractivity contribution in [3.8, 4) is 0 Å². The molecule has 1 aromatic rings. The van der Waals surface area contributed by atoms with Gasteiger partial charge in [-0.05, 0) is 44.2 Å². The second-order valence-corrected chi connectivity index (χ2v) is 5.71. The van der Waals surface area contributed by atoms with Gasteiger partial charge >= 0.3 is 0 Å². The molecule has 0 spiro atoms. The number of nitrogens with one attached hydrogen (secondary N) is 1. The van der Waals surface area contributed by atoms with E-state index >= 15 is 0 Å². The van der Waals surface area contributed by atoms with E-state index in [1.165, 1.54) is 25.0 Å². The van der Waals surface area contributed by atoms with Gasteiger partial charge in [0.15, 0.2) is 0 Å². The van der Waals surface area contributed by atoms with Crippen LogP contribution in [0.25, 0.3) is 0 Å². The highest BCUT2D eigenvalue weighted by Gasteiger charge is 2.41. The normalized spacial score (nSPS) is 25.7. The first kappa shape index (κ1) is 13.4. The zero-order valence-electron chi connectivity index (χ0n) is 11.5. The van der Waals surface area contributed by atoms with Gasteiger partial charge < -0.3 is 15.8 Å². The Morgan fingerprint density at radius 1 is 1.40 bits per heavy atom. The Morgan fingerprint density at radius 2 is 2.15 bits per heavy atom. The summed E-state index contributed by atoms with van der Waals surface area (Å²) in [6.45, 7) is 2.27. The first-order valence-electron chi connectivity index (χ1n) is 7.04. The van der Waals surface area contributed by atoms with Crippen LogP contribution in [0.2, 0.25) is 0 Å². The molecule has 0 aromatic heterocycles. The molecule has 2 fully saturated rings. The second kappa shape index (κ2) is 5.05. The van der Waals surface area contributed by atoms with Crippen molar-refractivity contribution in [1.82, 2.24) is 5.32 Å². The van der Waals surface area contributed by atoms with Gasteiger partial charge in [0.2, 0.25) is 0 Å². The van der Waals surface area contributed by atoms with Crippen LogP contribution in [0.3, 0.4) is 0 Å². The molecule has 1 amide bonds. The van der Waals surface area contributed by atoms with Crippen LogP contribution >= 0.6 is 0 Å². The van der Waals surface area contributed by atoms with Crippen molar-refractivity contribution >= 4 is 11.6 Å². The van der Waals surface area contributed by atoms with E-state index in [-0.39, 0.29) is 23.6 Å². The fraction of sp³-hybridized carbons (Fsp3) is 0.533. The summed E-state index contributed by atoms with van der Waals surface area (Å²) < 4.78 is 19.3. The molecule has 2 unspecified atom stereocenters. The van der Waals surface area contributed by atoms with E-state index in [1.807, 2.05) is 0 Å². The molecular weight excluding hydrogens is 259 g/mol. The zero-order chi connectivity index (χ0) is 14.3. The monoisotopic (exact) mass is 278 g/mol. The van der Waals surface area contributed by atoms with Crippen LogP contribution in [0.1, 0.15) is 35.2 Å². The lowest BCUT2D eigenvalue weighted by atomic mass is 10.0. The Labute approximate surface area is 117 Å². The van der Waals surface area contributed by atoms with Crippen LogP contribution in [0, 0.1) is 18.7 Å². The third kappa shape index (κ3) is 2.50. The molecule has 1 aromatic carbocycles. The van der Waals surface area contributed by atoms with Crippen LogP contribution in [0.15, 0.2) is 12.1 Å². The molecule has 4 nitrogen and oxygen atoms in total. The number of rotatable bonds is 3. The number of ether oxygens (including phenoxy) is 1. The number of nitrogens with two attached hydrogens (primary N) is 1. The van der Waals surface area contributed by atoms with Gasteiger partial charge in [0, 0.05) is 23.4 Å². The number of carbonyl (C=O) groups is 1. The Hall–Kier alpha value is -1.62. The minimum atomic E-state index is -0.448. The highest BCUT2D eigenvalue weighted by molar-refractivity contribution is 5.95. The number of benzene rings is 1. The second-order valence-electron chi connectivity index (χ2n) is 5.71. The molecule has 2 atom stereocenters. The molecule has 20 heavy (non-hydrogen) atoms.